The highest BCUT2D eigenvalue weighted by Gasteiger charge is 2.23. The molecule has 1 aliphatic heterocycles. The summed E-state index contributed by atoms with van der Waals surface area (Å²) in [6, 6.07) is 24.6. The summed E-state index contributed by atoms with van der Waals surface area (Å²) in [4.78, 5) is 7.01. The lowest BCUT2D eigenvalue weighted by Gasteiger charge is -2.34. The molecule has 6 nitrogen and oxygen atoms in total. The van der Waals surface area contributed by atoms with E-state index < -0.39 is 10.0 Å². The highest BCUT2D eigenvalue weighted by atomic mass is 35.5. The van der Waals surface area contributed by atoms with Crippen molar-refractivity contribution in [2.45, 2.75) is 0 Å². The van der Waals surface area contributed by atoms with E-state index in [0.717, 1.165) is 38.9 Å². The fraction of sp³-hybridized carbons (Fsp3) is 0.208. The van der Waals surface area contributed by atoms with Crippen molar-refractivity contribution in [3.8, 4) is 0 Å². The van der Waals surface area contributed by atoms with E-state index in [0.29, 0.717) is 26.2 Å². The van der Waals surface area contributed by atoms with Crippen molar-refractivity contribution < 1.29 is 8.42 Å². The number of rotatable bonds is 4. The molecule has 2 heterocycles. The Morgan fingerprint density at radius 2 is 1.31 bits per heavy atom. The van der Waals surface area contributed by atoms with Crippen molar-refractivity contribution in [2.75, 3.05) is 42.7 Å². The van der Waals surface area contributed by atoms with E-state index in [9.17, 15) is 8.42 Å². The van der Waals surface area contributed by atoms with Gasteiger partial charge in [0, 0.05) is 48.3 Å². The first-order chi connectivity index (χ1) is 15.0. The summed E-state index contributed by atoms with van der Waals surface area (Å²) in [5.41, 5.74) is 5.08. The molecule has 0 bridgehead atoms. The second-order valence-electron chi connectivity index (χ2n) is 7.84. The van der Waals surface area contributed by atoms with Crippen molar-refractivity contribution >= 4 is 61.3 Å². The minimum atomic E-state index is -3.12. The lowest BCUT2D eigenvalue weighted by molar-refractivity contribution is 0.388. The Balaban J connectivity index is 0.00000245. The Labute approximate surface area is 194 Å². The molecule has 166 valence electrons. The predicted octanol–water partition coefficient (Wildman–Crippen LogP) is 4.64. The van der Waals surface area contributed by atoms with Crippen molar-refractivity contribution in [1.29, 1.82) is 0 Å². The molecule has 1 N–H and O–H groups in total. The molecule has 0 amide bonds. The topological polar surface area (TPSA) is 65.5 Å². The van der Waals surface area contributed by atoms with Crippen LogP contribution in [0.3, 0.4) is 0 Å². The zero-order valence-electron chi connectivity index (χ0n) is 17.7. The number of aromatic nitrogens is 1. The molecule has 3 aromatic carbocycles. The molecule has 8 heteroatoms. The lowest BCUT2D eigenvalue weighted by atomic mass is 10.1. The van der Waals surface area contributed by atoms with Crippen LogP contribution in [0, 0.1) is 0 Å². The molecule has 0 saturated carbocycles. The van der Waals surface area contributed by atoms with Gasteiger partial charge in [0.15, 0.2) is 0 Å². The molecule has 0 aliphatic carbocycles. The molecular weight excluding hydrogens is 444 g/mol. The fourth-order valence-electron chi connectivity index (χ4n) is 4.15. The van der Waals surface area contributed by atoms with Crippen molar-refractivity contribution in [2.24, 2.45) is 0 Å². The number of hydrogen-bond donors (Lipinski definition) is 1. The van der Waals surface area contributed by atoms with Crippen LogP contribution in [0.15, 0.2) is 72.8 Å². The first-order valence-corrected chi connectivity index (χ1v) is 12.2. The Hall–Kier alpha value is -2.87. The number of nitrogens with zero attached hydrogens (tertiary/aromatic N) is 3. The Bertz CT molecular complexity index is 1300. The smallest absolute Gasteiger partial charge is 0.211 e. The normalized spacial score (nSPS) is 15.0. The van der Waals surface area contributed by atoms with Gasteiger partial charge < -0.3 is 10.2 Å². The van der Waals surface area contributed by atoms with Gasteiger partial charge in [-0.15, -0.1) is 12.4 Å². The molecular formula is C24H25ClN4O2S. The monoisotopic (exact) mass is 468 g/mol. The molecule has 1 fully saturated rings. The molecule has 0 spiro atoms. The highest BCUT2D eigenvalue weighted by molar-refractivity contribution is 7.88. The second-order valence-corrected chi connectivity index (χ2v) is 9.82. The van der Waals surface area contributed by atoms with Crippen LogP contribution in [0.2, 0.25) is 0 Å². The summed E-state index contributed by atoms with van der Waals surface area (Å²) >= 11 is 0. The predicted molar refractivity (Wildman–Crippen MR) is 135 cm³/mol. The number of pyridine rings is 1. The molecule has 1 aliphatic rings. The van der Waals surface area contributed by atoms with Crippen molar-refractivity contribution in [3.05, 3.63) is 72.8 Å². The second kappa shape index (κ2) is 8.94. The van der Waals surface area contributed by atoms with Gasteiger partial charge in [0.25, 0.3) is 0 Å². The van der Waals surface area contributed by atoms with Gasteiger partial charge in [0.05, 0.1) is 23.0 Å². The average Bonchev–Trinajstić information content (AvgIpc) is 2.79. The van der Waals surface area contributed by atoms with Gasteiger partial charge >= 0.3 is 0 Å². The van der Waals surface area contributed by atoms with E-state index >= 15 is 0 Å². The van der Waals surface area contributed by atoms with Gasteiger partial charge in [-0.05, 0) is 36.4 Å². The molecule has 0 atom stereocenters. The van der Waals surface area contributed by atoms with E-state index in [1.54, 1.807) is 4.31 Å². The number of nitrogens with one attached hydrogen (secondary N) is 1. The van der Waals surface area contributed by atoms with Crippen molar-refractivity contribution in [3.63, 3.8) is 0 Å². The maximum Gasteiger partial charge on any atom is 0.211 e. The first-order valence-electron chi connectivity index (χ1n) is 10.3. The molecule has 32 heavy (non-hydrogen) atoms. The van der Waals surface area contributed by atoms with Crippen LogP contribution in [0.4, 0.5) is 17.1 Å². The summed E-state index contributed by atoms with van der Waals surface area (Å²) in [5.74, 6) is 0. The SMILES string of the molecule is CS(=O)(=O)N1CCN(c2ccc(Nc3c4ccccc4nc4ccccc34)cc2)CC1.Cl. The molecule has 1 saturated heterocycles. The van der Waals surface area contributed by atoms with Gasteiger partial charge in [0.2, 0.25) is 10.0 Å². The summed E-state index contributed by atoms with van der Waals surface area (Å²) in [6.45, 7) is 2.43. The van der Waals surface area contributed by atoms with E-state index in [2.05, 4.69) is 46.6 Å². The van der Waals surface area contributed by atoms with Gasteiger partial charge in [-0.3, -0.25) is 0 Å². The highest BCUT2D eigenvalue weighted by Crippen LogP contribution is 2.33. The number of fused-ring (bicyclic) bond motifs is 2. The lowest BCUT2D eigenvalue weighted by Crippen LogP contribution is -2.48. The quantitative estimate of drug-likeness (QED) is 0.442. The van der Waals surface area contributed by atoms with Crippen LogP contribution in [0.5, 0.6) is 0 Å². The van der Waals surface area contributed by atoms with Crippen LogP contribution >= 0.6 is 12.4 Å². The number of anilines is 3. The fourth-order valence-corrected chi connectivity index (χ4v) is 4.98. The first kappa shape index (κ1) is 22.3. The summed E-state index contributed by atoms with van der Waals surface area (Å²) < 4.78 is 25.0. The molecule has 1 aromatic heterocycles. The van der Waals surface area contributed by atoms with Crippen LogP contribution < -0.4 is 10.2 Å². The van der Waals surface area contributed by atoms with E-state index in [1.807, 2.05) is 36.4 Å². The number of piperazine rings is 1. The summed E-state index contributed by atoms with van der Waals surface area (Å²) in [7, 11) is -3.12. The van der Waals surface area contributed by atoms with Crippen LogP contribution in [-0.2, 0) is 10.0 Å². The Kier molecular flexibility index (Phi) is 6.24. The number of benzene rings is 3. The molecule has 0 unspecified atom stereocenters. The number of halogens is 1. The number of sulfonamides is 1. The Morgan fingerprint density at radius 1 is 0.781 bits per heavy atom. The van der Waals surface area contributed by atoms with E-state index in [-0.39, 0.29) is 12.4 Å². The summed E-state index contributed by atoms with van der Waals surface area (Å²) in [6.07, 6.45) is 1.27. The number of hydrogen-bond acceptors (Lipinski definition) is 5. The van der Waals surface area contributed by atoms with Crippen LogP contribution in [0.25, 0.3) is 21.8 Å². The van der Waals surface area contributed by atoms with Crippen LogP contribution in [-0.4, -0.2) is 50.1 Å². The third-order valence-electron chi connectivity index (χ3n) is 5.80. The zero-order valence-corrected chi connectivity index (χ0v) is 19.4. The van der Waals surface area contributed by atoms with E-state index in [1.165, 1.54) is 6.26 Å². The summed E-state index contributed by atoms with van der Waals surface area (Å²) in [5, 5.41) is 5.77. The zero-order chi connectivity index (χ0) is 21.4. The van der Waals surface area contributed by atoms with Gasteiger partial charge in [-0.1, -0.05) is 36.4 Å². The molecule has 5 rings (SSSR count). The largest absolute Gasteiger partial charge is 0.369 e. The standard InChI is InChI=1S/C24H24N4O2S.ClH/c1-31(29,30)28-16-14-27(15-17-28)19-12-10-18(11-13-19)25-24-20-6-2-4-8-22(20)26-23-9-5-3-7-21(23)24;/h2-13H,14-17H2,1H3,(H,25,26);1H. The maximum absolute atomic E-state index is 11.7. The number of para-hydroxylation sites is 2. The van der Waals surface area contributed by atoms with Gasteiger partial charge in [0.1, 0.15) is 0 Å². The minimum Gasteiger partial charge on any atom is -0.369 e. The maximum atomic E-state index is 11.7. The third-order valence-corrected chi connectivity index (χ3v) is 7.10. The van der Waals surface area contributed by atoms with Crippen LogP contribution in [0.1, 0.15) is 0 Å². The van der Waals surface area contributed by atoms with Gasteiger partial charge in [-0.2, -0.15) is 4.31 Å². The van der Waals surface area contributed by atoms with E-state index in [4.69, 9.17) is 4.98 Å². The Morgan fingerprint density at radius 3 is 1.84 bits per heavy atom. The van der Waals surface area contributed by atoms with Crippen molar-refractivity contribution in [1.82, 2.24) is 9.29 Å². The third kappa shape index (κ3) is 4.37. The van der Waals surface area contributed by atoms with Gasteiger partial charge in [-0.25, -0.2) is 13.4 Å². The molecule has 0 radical (unpaired) electrons. The average molecular weight is 469 g/mol. The molecule has 4 aromatic rings. The minimum absolute atomic E-state index is 0.